The molecule has 66 valence electrons. The predicted molar refractivity (Wildman–Crippen MR) is 38.1 cm³/mol. The van der Waals surface area contributed by atoms with E-state index in [9.17, 15) is 4.79 Å². The van der Waals surface area contributed by atoms with Crippen LogP contribution in [0.1, 0.15) is 6.92 Å². The van der Waals surface area contributed by atoms with Gasteiger partial charge in [-0.1, -0.05) is 0 Å². The maximum absolute atomic E-state index is 10.5. The van der Waals surface area contributed by atoms with Crippen LogP contribution in [0.4, 0.5) is 4.79 Å². The van der Waals surface area contributed by atoms with Crippen molar-refractivity contribution in [3.8, 4) is 0 Å². The summed E-state index contributed by atoms with van der Waals surface area (Å²) < 4.78 is 4.49. The fourth-order valence-electron chi connectivity index (χ4n) is 0.448. The van der Waals surface area contributed by atoms with E-state index in [2.05, 4.69) is 10.1 Å². The number of hydrogen-bond acceptors (Lipinski definition) is 4. The van der Waals surface area contributed by atoms with Gasteiger partial charge in [-0.2, -0.15) is 0 Å². The van der Waals surface area contributed by atoms with Crippen LogP contribution in [0.2, 0.25) is 0 Å². The fourth-order valence-corrected chi connectivity index (χ4v) is 0.448. The highest BCUT2D eigenvalue weighted by Gasteiger charge is 2.04. The van der Waals surface area contributed by atoms with Crippen molar-refractivity contribution in [2.75, 3.05) is 19.8 Å². The summed E-state index contributed by atoms with van der Waals surface area (Å²) in [4.78, 5) is 10.5. The zero-order valence-corrected chi connectivity index (χ0v) is 6.41. The van der Waals surface area contributed by atoms with Crippen LogP contribution in [0, 0.1) is 0 Å². The van der Waals surface area contributed by atoms with E-state index < -0.39 is 12.2 Å². The average Bonchev–Trinajstić information content (AvgIpc) is 2.01. The third-order valence-electron chi connectivity index (χ3n) is 0.968. The molecule has 0 aromatic heterocycles. The molecule has 0 spiro atoms. The molecule has 1 amide bonds. The van der Waals surface area contributed by atoms with Crippen LogP contribution in [0.25, 0.3) is 0 Å². The largest absolute Gasteiger partial charge is 0.450 e. The van der Waals surface area contributed by atoms with Gasteiger partial charge in [0.05, 0.1) is 19.3 Å². The van der Waals surface area contributed by atoms with Crippen molar-refractivity contribution in [1.82, 2.24) is 5.32 Å². The van der Waals surface area contributed by atoms with Crippen LogP contribution in [0.3, 0.4) is 0 Å². The lowest BCUT2D eigenvalue weighted by Crippen LogP contribution is -2.34. The first-order valence-electron chi connectivity index (χ1n) is 3.40. The van der Waals surface area contributed by atoms with E-state index in [0.717, 1.165) is 0 Å². The minimum atomic E-state index is -0.917. The molecule has 0 rings (SSSR count). The highest BCUT2D eigenvalue weighted by Crippen LogP contribution is 1.79. The molecule has 3 N–H and O–H groups in total. The minimum Gasteiger partial charge on any atom is -0.450 e. The molecule has 0 aromatic carbocycles. The maximum Gasteiger partial charge on any atom is 0.407 e. The number of carbonyl (C=O) groups is 1. The monoisotopic (exact) mass is 163 g/mol. The first-order chi connectivity index (χ1) is 5.20. The molecule has 0 aliphatic heterocycles. The fraction of sp³-hybridized carbons (Fsp3) is 0.833. The Bertz CT molecular complexity index is 117. The molecular weight excluding hydrogens is 150 g/mol. The standard InChI is InChI=1S/C6H13NO4/c1-2-11-6(10)7-3-5(9)4-8/h5,8-9H,2-4H2,1H3,(H,7,10)/t5-/m1/s1. The molecule has 0 bridgehead atoms. The summed E-state index contributed by atoms with van der Waals surface area (Å²) in [7, 11) is 0. The third-order valence-corrected chi connectivity index (χ3v) is 0.968. The van der Waals surface area contributed by atoms with Crippen LogP contribution in [-0.2, 0) is 4.74 Å². The van der Waals surface area contributed by atoms with E-state index in [4.69, 9.17) is 10.2 Å². The van der Waals surface area contributed by atoms with Gasteiger partial charge in [0, 0.05) is 6.54 Å². The summed E-state index contributed by atoms with van der Waals surface area (Å²) >= 11 is 0. The molecule has 0 aliphatic rings. The summed E-state index contributed by atoms with van der Waals surface area (Å²) in [6.07, 6.45) is -1.50. The molecule has 0 aliphatic carbocycles. The molecule has 0 radical (unpaired) electrons. The quantitative estimate of drug-likeness (QED) is 0.501. The second kappa shape index (κ2) is 5.94. The number of carbonyl (C=O) groups excluding carboxylic acids is 1. The highest BCUT2D eigenvalue weighted by molar-refractivity contribution is 5.67. The second-order valence-corrected chi connectivity index (χ2v) is 1.94. The molecule has 0 fully saturated rings. The lowest BCUT2D eigenvalue weighted by molar-refractivity contribution is 0.0894. The SMILES string of the molecule is CCOC(=O)NC[C@@H](O)CO. The van der Waals surface area contributed by atoms with Gasteiger partial charge in [-0.25, -0.2) is 4.79 Å². The molecular formula is C6H13NO4. The number of nitrogens with one attached hydrogen (secondary N) is 1. The van der Waals surface area contributed by atoms with Crippen molar-refractivity contribution >= 4 is 6.09 Å². The number of hydrogen-bond donors (Lipinski definition) is 3. The molecule has 1 atom stereocenters. The molecule has 11 heavy (non-hydrogen) atoms. The number of aliphatic hydroxyl groups excluding tert-OH is 2. The number of alkyl carbamates (subject to hydrolysis) is 1. The van der Waals surface area contributed by atoms with Gasteiger partial charge in [-0.3, -0.25) is 0 Å². The Hall–Kier alpha value is -0.810. The average molecular weight is 163 g/mol. The van der Waals surface area contributed by atoms with Crippen molar-refractivity contribution in [2.45, 2.75) is 13.0 Å². The van der Waals surface area contributed by atoms with Crippen LogP contribution >= 0.6 is 0 Å². The number of amides is 1. The van der Waals surface area contributed by atoms with E-state index in [1.54, 1.807) is 6.92 Å². The van der Waals surface area contributed by atoms with Crippen LogP contribution in [0.15, 0.2) is 0 Å². The van der Waals surface area contributed by atoms with E-state index in [1.165, 1.54) is 0 Å². The maximum atomic E-state index is 10.5. The Labute approximate surface area is 65.0 Å². The highest BCUT2D eigenvalue weighted by atomic mass is 16.5. The molecule has 5 nitrogen and oxygen atoms in total. The summed E-state index contributed by atoms with van der Waals surface area (Å²) in [5, 5.41) is 19.4. The Balaban J connectivity index is 3.30. The molecule has 0 heterocycles. The van der Waals surface area contributed by atoms with Crippen molar-refractivity contribution in [3.63, 3.8) is 0 Å². The zero-order valence-electron chi connectivity index (χ0n) is 6.41. The molecule has 0 saturated carbocycles. The van der Waals surface area contributed by atoms with Crippen LogP contribution < -0.4 is 5.32 Å². The summed E-state index contributed by atoms with van der Waals surface area (Å²) in [5.74, 6) is 0. The number of rotatable bonds is 4. The third kappa shape index (κ3) is 5.63. The first kappa shape index (κ1) is 10.2. The van der Waals surface area contributed by atoms with E-state index in [0.29, 0.717) is 6.61 Å². The lowest BCUT2D eigenvalue weighted by Gasteiger charge is -2.07. The van der Waals surface area contributed by atoms with Gasteiger partial charge in [0.1, 0.15) is 0 Å². The molecule has 0 unspecified atom stereocenters. The smallest absolute Gasteiger partial charge is 0.407 e. The second-order valence-electron chi connectivity index (χ2n) is 1.94. The van der Waals surface area contributed by atoms with Crippen LogP contribution in [-0.4, -0.2) is 42.2 Å². The minimum absolute atomic E-state index is 0.00926. The van der Waals surface area contributed by atoms with Crippen molar-refractivity contribution in [2.24, 2.45) is 0 Å². The summed E-state index contributed by atoms with van der Waals surface area (Å²) in [6.45, 7) is 1.62. The van der Waals surface area contributed by atoms with Crippen molar-refractivity contribution < 1.29 is 19.7 Å². The van der Waals surface area contributed by atoms with Gasteiger partial charge in [0.2, 0.25) is 0 Å². The van der Waals surface area contributed by atoms with Gasteiger partial charge in [-0.05, 0) is 6.92 Å². The zero-order chi connectivity index (χ0) is 8.69. The van der Waals surface area contributed by atoms with E-state index >= 15 is 0 Å². The van der Waals surface area contributed by atoms with Gasteiger partial charge in [0.25, 0.3) is 0 Å². The van der Waals surface area contributed by atoms with Gasteiger partial charge < -0.3 is 20.3 Å². The molecule has 0 aromatic rings. The number of aliphatic hydroxyl groups is 2. The summed E-state index contributed by atoms with van der Waals surface area (Å²) in [5.41, 5.74) is 0. The van der Waals surface area contributed by atoms with Gasteiger partial charge in [-0.15, -0.1) is 0 Å². The van der Waals surface area contributed by atoms with Crippen LogP contribution in [0.5, 0.6) is 0 Å². The molecule has 5 heteroatoms. The van der Waals surface area contributed by atoms with E-state index in [1.807, 2.05) is 0 Å². The molecule has 0 saturated heterocycles. The van der Waals surface area contributed by atoms with Gasteiger partial charge in [0.15, 0.2) is 0 Å². The summed E-state index contributed by atoms with van der Waals surface area (Å²) in [6, 6.07) is 0. The topological polar surface area (TPSA) is 78.8 Å². The Morgan fingerprint density at radius 3 is 2.82 bits per heavy atom. The lowest BCUT2D eigenvalue weighted by atomic mass is 10.4. The van der Waals surface area contributed by atoms with Crippen molar-refractivity contribution in [1.29, 1.82) is 0 Å². The first-order valence-corrected chi connectivity index (χ1v) is 3.40. The Morgan fingerprint density at radius 2 is 2.36 bits per heavy atom. The predicted octanol–water partition coefficient (Wildman–Crippen LogP) is -0.914. The normalized spacial score (nSPS) is 12.3. The van der Waals surface area contributed by atoms with E-state index in [-0.39, 0.29) is 13.2 Å². The van der Waals surface area contributed by atoms with Crippen molar-refractivity contribution in [3.05, 3.63) is 0 Å². The number of ether oxygens (including phenoxy) is 1. The Kier molecular flexibility index (Phi) is 5.50. The van der Waals surface area contributed by atoms with Gasteiger partial charge >= 0.3 is 6.09 Å². The Morgan fingerprint density at radius 1 is 1.73 bits per heavy atom.